The highest BCUT2D eigenvalue weighted by atomic mass is 19.1. The highest BCUT2D eigenvalue weighted by Gasteiger charge is 2.38. The lowest BCUT2D eigenvalue weighted by Crippen LogP contribution is -2.31. The third-order valence-corrected chi connectivity index (χ3v) is 5.80. The topological polar surface area (TPSA) is 97.8 Å². The molecule has 2 fully saturated rings. The number of nitrogens with two attached hydrogens (primary N) is 1. The van der Waals surface area contributed by atoms with Crippen LogP contribution < -0.4 is 20.8 Å². The Morgan fingerprint density at radius 1 is 1.30 bits per heavy atom. The number of halogens is 1. The van der Waals surface area contributed by atoms with E-state index in [4.69, 9.17) is 10.5 Å². The minimum atomic E-state index is -1.31. The summed E-state index contributed by atoms with van der Waals surface area (Å²) in [6.45, 7) is 0.934. The number of rotatable bonds is 2. The van der Waals surface area contributed by atoms with Crippen molar-refractivity contribution in [2.45, 2.75) is 43.8 Å². The number of benzene rings is 1. The van der Waals surface area contributed by atoms with Gasteiger partial charge in [-0.3, -0.25) is 4.79 Å². The summed E-state index contributed by atoms with van der Waals surface area (Å²) in [5, 5.41) is 9.45. The highest BCUT2D eigenvalue weighted by Crippen LogP contribution is 2.46. The fourth-order valence-corrected chi connectivity index (χ4v) is 4.44. The number of ether oxygens (including phenoxy) is 1. The van der Waals surface area contributed by atoms with Gasteiger partial charge in [-0.2, -0.15) is 0 Å². The van der Waals surface area contributed by atoms with Crippen LogP contribution in [0, 0.1) is 5.82 Å². The Morgan fingerprint density at radius 2 is 2.07 bits per heavy atom. The van der Waals surface area contributed by atoms with Gasteiger partial charge in [-0.15, -0.1) is 0 Å². The van der Waals surface area contributed by atoms with E-state index in [2.05, 4.69) is 0 Å². The molecule has 5 rings (SSSR count). The molecule has 7 nitrogen and oxygen atoms in total. The molecule has 1 aromatic carbocycles. The number of anilines is 1. The van der Waals surface area contributed by atoms with Gasteiger partial charge in [-0.1, -0.05) is 0 Å². The Bertz CT molecular complexity index is 1030. The lowest BCUT2D eigenvalue weighted by Gasteiger charge is -2.26. The third-order valence-electron chi connectivity index (χ3n) is 5.80. The van der Waals surface area contributed by atoms with Gasteiger partial charge >= 0.3 is 5.97 Å². The summed E-state index contributed by atoms with van der Waals surface area (Å²) in [6, 6.07) is 1.34. The number of carboxylic acid groups (broad SMARTS) is 1. The van der Waals surface area contributed by atoms with Gasteiger partial charge in [-0.25, -0.2) is 9.18 Å². The quantitative estimate of drug-likeness (QED) is 0.834. The van der Waals surface area contributed by atoms with E-state index in [9.17, 15) is 14.7 Å². The van der Waals surface area contributed by atoms with E-state index in [1.165, 1.54) is 6.20 Å². The van der Waals surface area contributed by atoms with Gasteiger partial charge in [-0.05, 0) is 25.3 Å². The second-order valence-corrected chi connectivity index (χ2v) is 7.69. The Labute approximate surface area is 154 Å². The van der Waals surface area contributed by atoms with Crippen LogP contribution in [-0.2, 0) is 0 Å². The fraction of sp³-hybridized carbons (Fsp3) is 0.474. The molecule has 0 unspecified atom stereocenters. The van der Waals surface area contributed by atoms with Gasteiger partial charge in [0.1, 0.15) is 11.3 Å². The number of aromatic carboxylic acids is 1. The molecule has 1 saturated heterocycles. The third kappa shape index (κ3) is 2.43. The Morgan fingerprint density at radius 3 is 2.78 bits per heavy atom. The van der Waals surface area contributed by atoms with Crippen LogP contribution in [0.25, 0.3) is 10.9 Å². The predicted octanol–water partition coefficient (Wildman–Crippen LogP) is 1.86. The summed E-state index contributed by atoms with van der Waals surface area (Å²) in [4.78, 5) is 26.2. The van der Waals surface area contributed by atoms with Crippen LogP contribution in [0.2, 0.25) is 0 Å². The van der Waals surface area contributed by atoms with Gasteiger partial charge in [0, 0.05) is 37.3 Å². The van der Waals surface area contributed by atoms with Crippen LogP contribution in [0.15, 0.2) is 17.1 Å². The van der Waals surface area contributed by atoms with Crippen molar-refractivity contribution in [2.24, 2.45) is 5.73 Å². The molecule has 0 radical (unpaired) electrons. The zero-order valence-electron chi connectivity index (χ0n) is 14.7. The lowest BCUT2D eigenvalue weighted by atomic mass is 10.1. The van der Waals surface area contributed by atoms with Crippen LogP contribution in [-0.4, -0.2) is 40.9 Å². The number of carbonyl (C=O) groups is 1. The first kappa shape index (κ1) is 16.6. The van der Waals surface area contributed by atoms with Crippen molar-refractivity contribution in [2.75, 3.05) is 18.1 Å². The van der Waals surface area contributed by atoms with Gasteiger partial charge in [0.15, 0.2) is 11.6 Å². The summed E-state index contributed by atoms with van der Waals surface area (Å²) in [7, 11) is 0. The average molecular weight is 373 g/mol. The second kappa shape index (κ2) is 5.69. The average Bonchev–Trinajstić information content (AvgIpc) is 3.40. The van der Waals surface area contributed by atoms with Crippen molar-refractivity contribution < 1.29 is 19.0 Å². The molecule has 27 heavy (non-hydrogen) atoms. The van der Waals surface area contributed by atoms with E-state index in [0.29, 0.717) is 30.1 Å². The predicted molar refractivity (Wildman–Crippen MR) is 97.2 cm³/mol. The van der Waals surface area contributed by atoms with Crippen LogP contribution in [0.1, 0.15) is 42.1 Å². The van der Waals surface area contributed by atoms with Crippen molar-refractivity contribution in [3.63, 3.8) is 0 Å². The second-order valence-electron chi connectivity index (χ2n) is 7.69. The van der Waals surface area contributed by atoms with Crippen molar-refractivity contribution in [1.82, 2.24) is 4.57 Å². The maximum atomic E-state index is 15.2. The zero-order valence-corrected chi connectivity index (χ0v) is 14.7. The summed E-state index contributed by atoms with van der Waals surface area (Å²) in [5.41, 5.74) is 5.91. The monoisotopic (exact) mass is 373 g/mol. The van der Waals surface area contributed by atoms with Crippen LogP contribution in [0.3, 0.4) is 0 Å². The summed E-state index contributed by atoms with van der Waals surface area (Å²) in [5.74, 6) is -1.54. The highest BCUT2D eigenvalue weighted by molar-refractivity contribution is 5.97. The SMILES string of the molecule is N[C@H]1C[C@@H]2CCOc3c(c(F)cc4c(=O)c(C(=O)O)cn(C5CC5)c34)N2C1. The van der Waals surface area contributed by atoms with Crippen LogP contribution >= 0.6 is 0 Å². The van der Waals surface area contributed by atoms with E-state index in [1.54, 1.807) is 4.57 Å². The maximum Gasteiger partial charge on any atom is 0.341 e. The molecule has 142 valence electrons. The molecule has 2 atom stereocenters. The van der Waals surface area contributed by atoms with E-state index < -0.39 is 17.2 Å². The molecular formula is C19H20FN3O4. The van der Waals surface area contributed by atoms with Crippen LogP contribution in [0.4, 0.5) is 10.1 Å². The minimum absolute atomic E-state index is 0.0314. The van der Waals surface area contributed by atoms with E-state index in [-0.39, 0.29) is 29.1 Å². The van der Waals surface area contributed by atoms with Crippen molar-refractivity contribution in [1.29, 1.82) is 0 Å². The van der Waals surface area contributed by atoms with Crippen molar-refractivity contribution >= 4 is 22.6 Å². The molecule has 0 bridgehead atoms. The first-order valence-corrected chi connectivity index (χ1v) is 9.25. The Balaban J connectivity index is 1.85. The van der Waals surface area contributed by atoms with Gasteiger partial charge in [0.2, 0.25) is 5.43 Å². The number of hydrogen-bond acceptors (Lipinski definition) is 5. The standard InChI is InChI=1S/C19H20FN3O4/c20-14-6-12-15(23(10-1-2-10)8-13(17(12)24)19(25)26)18-16(14)22-7-9(21)5-11(22)3-4-27-18/h6,8-11H,1-5,7,21H2,(H,25,26)/t9-,11-/m0/s1. The zero-order chi connectivity index (χ0) is 18.9. The first-order valence-electron chi connectivity index (χ1n) is 9.25. The number of aromatic nitrogens is 1. The molecule has 2 aromatic rings. The largest absolute Gasteiger partial charge is 0.489 e. The van der Waals surface area contributed by atoms with Crippen LogP contribution in [0.5, 0.6) is 5.75 Å². The summed E-state index contributed by atoms with van der Waals surface area (Å²) < 4.78 is 22.9. The molecule has 0 amide bonds. The molecule has 1 aliphatic carbocycles. The molecule has 3 heterocycles. The first-order chi connectivity index (χ1) is 13.0. The summed E-state index contributed by atoms with van der Waals surface area (Å²) in [6.07, 6.45) is 4.66. The molecular weight excluding hydrogens is 353 g/mol. The number of pyridine rings is 1. The van der Waals surface area contributed by atoms with E-state index >= 15 is 4.39 Å². The number of nitrogens with zero attached hydrogens (tertiary/aromatic N) is 2. The van der Waals surface area contributed by atoms with Crippen molar-refractivity contribution in [3.8, 4) is 5.75 Å². The molecule has 2 aliphatic heterocycles. The Hall–Kier alpha value is -2.61. The smallest absolute Gasteiger partial charge is 0.341 e. The minimum Gasteiger partial charge on any atom is -0.489 e. The normalized spacial score (nSPS) is 24.3. The van der Waals surface area contributed by atoms with E-state index in [0.717, 1.165) is 31.7 Å². The number of fused-ring (bicyclic) bond motifs is 5. The van der Waals surface area contributed by atoms with Gasteiger partial charge < -0.3 is 25.0 Å². The lowest BCUT2D eigenvalue weighted by molar-refractivity contribution is 0.0695. The van der Waals surface area contributed by atoms with Gasteiger partial charge in [0.25, 0.3) is 0 Å². The Kier molecular flexibility index (Phi) is 3.49. The molecule has 8 heteroatoms. The molecule has 3 aliphatic rings. The summed E-state index contributed by atoms with van der Waals surface area (Å²) >= 11 is 0. The molecule has 3 N–H and O–H groups in total. The number of hydrogen-bond donors (Lipinski definition) is 2. The van der Waals surface area contributed by atoms with Gasteiger partial charge in [0.05, 0.1) is 17.5 Å². The maximum absolute atomic E-state index is 15.2. The molecule has 0 spiro atoms. The molecule has 1 aromatic heterocycles. The molecule has 1 saturated carbocycles. The van der Waals surface area contributed by atoms with Crippen molar-refractivity contribution in [3.05, 3.63) is 33.9 Å². The fourth-order valence-electron chi connectivity index (χ4n) is 4.44. The number of carboxylic acids is 1. The van der Waals surface area contributed by atoms with E-state index in [1.807, 2.05) is 4.90 Å².